The van der Waals surface area contributed by atoms with Gasteiger partial charge in [-0.3, -0.25) is 0 Å². The van der Waals surface area contributed by atoms with Gasteiger partial charge in [-0.05, 0) is 35.6 Å². The number of benzene rings is 2. The van der Waals surface area contributed by atoms with E-state index in [1.807, 2.05) is 6.07 Å². The first kappa shape index (κ1) is 12.6. The SMILES string of the molecule is C/C(=C/CCO)c1ccc(-c2ccccc2)cc1. The third-order valence-corrected chi connectivity index (χ3v) is 3.03. The number of hydrogen-bond acceptors (Lipinski definition) is 1. The topological polar surface area (TPSA) is 20.2 Å². The Hall–Kier alpha value is -1.86. The number of allylic oxidation sites excluding steroid dienone is 1. The Morgan fingerprint density at radius 3 is 2.17 bits per heavy atom. The van der Waals surface area contributed by atoms with Gasteiger partial charge in [0.1, 0.15) is 0 Å². The highest BCUT2D eigenvalue weighted by Crippen LogP contribution is 2.22. The molecule has 0 aliphatic heterocycles. The summed E-state index contributed by atoms with van der Waals surface area (Å²) in [4.78, 5) is 0. The standard InChI is InChI=1S/C17H18O/c1-14(6-5-13-18)15-9-11-17(12-10-15)16-7-3-2-4-8-16/h2-4,6-12,18H,5,13H2,1H3/b14-6-. The summed E-state index contributed by atoms with van der Waals surface area (Å²) in [6.07, 6.45) is 2.78. The zero-order chi connectivity index (χ0) is 12.8. The molecule has 0 saturated carbocycles. The van der Waals surface area contributed by atoms with Gasteiger partial charge in [0.25, 0.3) is 0 Å². The molecule has 0 bridgehead atoms. The molecule has 0 aromatic heterocycles. The van der Waals surface area contributed by atoms with Crippen LogP contribution in [0.1, 0.15) is 18.9 Å². The molecule has 1 N–H and O–H groups in total. The monoisotopic (exact) mass is 238 g/mol. The second-order valence-electron chi connectivity index (χ2n) is 4.34. The van der Waals surface area contributed by atoms with Crippen LogP contribution < -0.4 is 0 Å². The van der Waals surface area contributed by atoms with Gasteiger partial charge >= 0.3 is 0 Å². The van der Waals surface area contributed by atoms with Crippen LogP contribution in [-0.2, 0) is 0 Å². The molecule has 0 amide bonds. The van der Waals surface area contributed by atoms with Gasteiger partial charge in [-0.1, -0.05) is 60.7 Å². The summed E-state index contributed by atoms with van der Waals surface area (Å²) in [7, 11) is 0. The van der Waals surface area contributed by atoms with Crippen molar-refractivity contribution in [2.24, 2.45) is 0 Å². The van der Waals surface area contributed by atoms with Crippen LogP contribution in [0.5, 0.6) is 0 Å². The van der Waals surface area contributed by atoms with Crippen molar-refractivity contribution in [3.05, 3.63) is 66.2 Å². The Morgan fingerprint density at radius 2 is 1.56 bits per heavy atom. The van der Waals surface area contributed by atoms with Crippen molar-refractivity contribution in [3.8, 4) is 11.1 Å². The zero-order valence-electron chi connectivity index (χ0n) is 10.6. The van der Waals surface area contributed by atoms with E-state index in [1.54, 1.807) is 0 Å². The molecule has 18 heavy (non-hydrogen) atoms. The summed E-state index contributed by atoms with van der Waals surface area (Å²) in [6.45, 7) is 2.28. The molecule has 0 heterocycles. The number of hydrogen-bond donors (Lipinski definition) is 1. The molecule has 0 aliphatic carbocycles. The maximum atomic E-state index is 8.81. The summed E-state index contributed by atoms with van der Waals surface area (Å²) in [5.74, 6) is 0. The fraction of sp³-hybridized carbons (Fsp3) is 0.176. The minimum atomic E-state index is 0.208. The quantitative estimate of drug-likeness (QED) is 0.848. The average molecular weight is 238 g/mol. The molecule has 2 aromatic carbocycles. The molecule has 0 saturated heterocycles. The molecule has 2 rings (SSSR count). The third-order valence-electron chi connectivity index (χ3n) is 3.03. The van der Waals surface area contributed by atoms with Crippen LogP contribution in [0.15, 0.2) is 60.7 Å². The highest BCUT2D eigenvalue weighted by Gasteiger charge is 1.98. The smallest absolute Gasteiger partial charge is 0.0465 e. The Bertz CT molecular complexity index is 509. The fourth-order valence-corrected chi connectivity index (χ4v) is 1.96. The highest BCUT2D eigenvalue weighted by molar-refractivity contribution is 5.69. The second-order valence-corrected chi connectivity index (χ2v) is 4.34. The van der Waals surface area contributed by atoms with Crippen molar-refractivity contribution in [2.75, 3.05) is 6.61 Å². The first-order valence-electron chi connectivity index (χ1n) is 6.25. The van der Waals surface area contributed by atoms with Crippen molar-refractivity contribution in [1.29, 1.82) is 0 Å². The van der Waals surface area contributed by atoms with Gasteiger partial charge in [-0.15, -0.1) is 0 Å². The van der Waals surface area contributed by atoms with Crippen molar-refractivity contribution in [3.63, 3.8) is 0 Å². The van der Waals surface area contributed by atoms with Crippen LogP contribution in [0.2, 0.25) is 0 Å². The van der Waals surface area contributed by atoms with Crippen molar-refractivity contribution >= 4 is 5.57 Å². The van der Waals surface area contributed by atoms with Crippen molar-refractivity contribution in [1.82, 2.24) is 0 Å². The van der Waals surface area contributed by atoms with E-state index < -0.39 is 0 Å². The molecule has 0 aliphatic rings. The molecule has 92 valence electrons. The first-order valence-corrected chi connectivity index (χ1v) is 6.25. The Kier molecular flexibility index (Phi) is 4.32. The molecule has 1 heteroatoms. The van der Waals surface area contributed by atoms with Crippen LogP contribution in [-0.4, -0.2) is 11.7 Å². The largest absolute Gasteiger partial charge is 0.396 e. The van der Waals surface area contributed by atoms with Crippen molar-refractivity contribution < 1.29 is 5.11 Å². The van der Waals surface area contributed by atoms with E-state index in [9.17, 15) is 0 Å². The Morgan fingerprint density at radius 1 is 0.944 bits per heavy atom. The van der Waals surface area contributed by atoms with E-state index in [1.165, 1.54) is 22.3 Å². The summed E-state index contributed by atoms with van der Waals surface area (Å²) in [5.41, 5.74) is 4.89. The summed E-state index contributed by atoms with van der Waals surface area (Å²) in [6, 6.07) is 18.9. The van der Waals surface area contributed by atoms with Crippen LogP contribution in [0.3, 0.4) is 0 Å². The normalized spacial score (nSPS) is 11.6. The first-order chi connectivity index (χ1) is 8.81. The van der Waals surface area contributed by atoms with Crippen LogP contribution in [0.4, 0.5) is 0 Å². The molecule has 0 unspecified atom stereocenters. The van der Waals surface area contributed by atoms with E-state index in [2.05, 4.69) is 61.5 Å². The van der Waals surface area contributed by atoms with Gasteiger partial charge < -0.3 is 5.11 Å². The number of aliphatic hydroxyl groups is 1. The zero-order valence-corrected chi connectivity index (χ0v) is 10.6. The molecule has 0 spiro atoms. The van der Waals surface area contributed by atoms with Gasteiger partial charge in [-0.25, -0.2) is 0 Å². The molecular weight excluding hydrogens is 220 g/mol. The Labute approximate surface area is 108 Å². The molecular formula is C17H18O. The lowest BCUT2D eigenvalue weighted by Crippen LogP contribution is -1.83. The molecule has 0 fully saturated rings. The van der Waals surface area contributed by atoms with Gasteiger partial charge in [0.05, 0.1) is 0 Å². The van der Waals surface area contributed by atoms with Crippen LogP contribution >= 0.6 is 0 Å². The van der Waals surface area contributed by atoms with E-state index in [-0.39, 0.29) is 6.61 Å². The van der Waals surface area contributed by atoms with Gasteiger partial charge in [0, 0.05) is 6.61 Å². The Balaban J connectivity index is 2.20. The predicted molar refractivity (Wildman–Crippen MR) is 77.2 cm³/mol. The lowest BCUT2D eigenvalue weighted by atomic mass is 10.0. The van der Waals surface area contributed by atoms with E-state index in [0.29, 0.717) is 6.42 Å². The van der Waals surface area contributed by atoms with Gasteiger partial charge in [0.2, 0.25) is 0 Å². The summed E-state index contributed by atoms with van der Waals surface area (Å²) < 4.78 is 0. The molecule has 1 nitrogen and oxygen atoms in total. The number of rotatable bonds is 4. The molecule has 0 radical (unpaired) electrons. The maximum Gasteiger partial charge on any atom is 0.0465 e. The van der Waals surface area contributed by atoms with E-state index in [0.717, 1.165) is 0 Å². The fourth-order valence-electron chi connectivity index (χ4n) is 1.96. The van der Waals surface area contributed by atoms with Gasteiger partial charge in [0.15, 0.2) is 0 Å². The maximum absolute atomic E-state index is 8.81. The van der Waals surface area contributed by atoms with E-state index in [4.69, 9.17) is 5.11 Å². The van der Waals surface area contributed by atoms with Crippen molar-refractivity contribution in [2.45, 2.75) is 13.3 Å². The highest BCUT2D eigenvalue weighted by atomic mass is 16.2. The summed E-state index contributed by atoms with van der Waals surface area (Å²) in [5, 5.41) is 8.81. The minimum absolute atomic E-state index is 0.208. The third kappa shape index (κ3) is 3.08. The lowest BCUT2D eigenvalue weighted by molar-refractivity contribution is 0.303. The summed E-state index contributed by atoms with van der Waals surface area (Å²) >= 11 is 0. The molecule has 0 atom stereocenters. The minimum Gasteiger partial charge on any atom is -0.396 e. The van der Waals surface area contributed by atoms with Crippen LogP contribution in [0, 0.1) is 0 Å². The second kappa shape index (κ2) is 6.18. The molecule has 2 aromatic rings. The van der Waals surface area contributed by atoms with Crippen LogP contribution in [0.25, 0.3) is 16.7 Å². The predicted octanol–water partition coefficient (Wildman–Crippen LogP) is 4.14. The average Bonchev–Trinajstić information content (AvgIpc) is 2.46. The lowest BCUT2D eigenvalue weighted by Gasteiger charge is -2.05. The van der Waals surface area contributed by atoms with Gasteiger partial charge in [-0.2, -0.15) is 0 Å². The number of aliphatic hydroxyl groups excluding tert-OH is 1. The van der Waals surface area contributed by atoms with E-state index >= 15 is 0 Å².